The predicted octanol–water partition coefficient (Wildman–Crippen LogP) is 2.73. The summed E-state index contributed by atoms with van der Waals surface area (Å²) in [4.78, 5) is 17.1. The van der Waals surface area contributed by atoms with Crippen molar-refractivity contribution in [1.29, 1.82) is 0 Å². The zero-order chi connectivity index (χ0) is 17.3. The molecule has 24 heavy (non-hydrogen) atoms. The fourth-order valence-electron chi connectivity index (χ4n) is 3.03. The molecule has 0 amide bonds. The highest BCUT2D eigenvalue weighted by Crippen LogP contribution is 2.33. The molecule has 0 radical (unpaired) electrons. The molecule has 128 valence electrons. The minimum atomic E-state index is -0.372. The minimum absolute atomic E-state index is 0.0581. The van der Waals surface area contributed by atoms with E-state index in [0.717, 1.165) is 19.4 Å². The summed E-state index contributed by atoms with van der Waals surface area (Å²) in [5, 5.41) is 16.1. The lowest BCUT2D eigenvalue weighted by atomic mass is 10.1. The largest absolute Gasteiger partial charge is 0.472 e. The Kier molecular flexibility index (Phi) is 4.57. The summed E-state index contributed by atoms with van der Waals surface area (Å²) in [7, 11) is 1.72. The number of piperidine rings is 1. The van der Waals surface area contributed by atoms with Gasteiger partial charge in [-0.1, -0.05) is 11.6 Å². The third-order valence-electron chi connectivity index (χ3n) is 4.01. The van der Waals surface area contributed by atoms with E-state index in [1.807, 2.05) is 4.90 Å². The average Bonchev–Trinajstić information content (AvgIpc) is 2.84. The molecule has 2 aromatic heterocycles. The molecule has 2 aromatic rings. The van der Waals surface area contributed by atoms with E-state index >= 15 is 0 Å². The Labute approximate surface area is 144 Å². The van der Waals surface area contributed by atoms with Gasteiger partial charge in [0, 0.05) is 25.9 Å². The van der Waals surface area contributed by atoms with Crippen molar-refractivity contribution in [1.82, 2.24) is 14.8 Å². The number of nitrogens with zero attached hydrogens (tertiary/aromatic N) is 5. The van der Waals surface area contributed by atoms with E-state index in [1.54, 1.807) is 30.8 Å². The monoisotopic (exact) mass is 351 g/mol. The van der Waals surface area contributed by atoms with Gasteiger partial charge in [0.2, 0.25) is 11.7 Å². The molecule has 1 atom stereocenters. The Morgan fingerprint density at radius 2 is 2.25 bits per heavy atom. The highest BCUT2D eigenvalue weighted by molar-refractivity contribution is 6.30. The molecule has 0 saturated carbocycles. The van der Waals surface area contributed by atoms with Gasteiger partial charge in [-0.15, -0.1) is 0 Å². The second-order valence-electron chi connectivity index (χ2n) is 5.78. The van der Waals surface area contributed by atoms with Crippen LogP contribution >= 0.6 is 11.6 Å². The molecular formula is C15H18ClN5O3. The number of hydrogen-bond acceptors (Lipinski definition) is 6. The quantitative estimate of drug-likeness (QED) is 0.621. The fourth-order valence-corrected chi connectivity index (χ4v) is 3.14. The Bertz CT molecular complexity index is 746. The van der Waals surface area contributed by atoms with Gasteiger partial charge in [-0.2, -0.15) is 5.10 Å². The number of nitro groups is 1. The fraction of sp³-hybridized carbons (Fsp3) is 0.467. The molecule has 1 saturated heterocycles. The maximum Gasteiger partial charge on any atom is 0.333 e. The molecule has 1 aliphatic rings. The first kappa shape index (κ1) is 16.5. The van der Waals surface area contributed by atoms with Gasteiger partial charge >= 0.3 is 5.69 Å². The number of ether oxygens (including phenoxy) is 1. The molecule has 3 heterocycles. The molecule has 1 unspecified atom stereocenters. The number of aromatic nitrogens is 3. The Morgan fingerprint density at radius 1 is 1.46 bits per heavy atom. The predicted molar refractivity (Wildman–Crippen MR) is 89.7 cm³/mol. The van der Waals surface area contributed by atoms with Crippen molar-refractivity contribution in [2.45, 2.75) is 25.9 Å². The maximum absolute atomic E-state index is 11.4. The van der Waals surface area contributed by atoms with E-state index < -0.39 is 0 Å². The first-order valence-corrected chi connectivity index (χ1v) is 8.04. The van der Waals surface area contributed by atoms with Gasteiger partial charge in [-0.3, -0.25) is 10.1 Å². The summed E-state index contributed by atoms with van der Waals surface area (Å²) >= 11 is 5.82. The van der Waals surface area contributed by atoms with Crippen LogP contribution < -0.4 is 9.64 Å². The van der Waals surface area contributed by atoms with Crippen molar-refractivity contribution >= 4 is 23.1 Å². The lowest BCUT2D eigenvalue weighted by Crippen LogP contribution is -2.42. The first-order chi connectivity index (χ1) is 11.5. The molecule has 8 nitrogen and oxygen atoms in total. The first-order valence-electron chi connectivity index (χ1n) is 7.67. The second kappa shape index (κ2) is 6.64. The van der Waals surface area contributed by atoms with Crippen LogP contribution in [-0.2, 0) is 7.05 Å². The molecule has 1 fully saturated rings. The topological polar surface area (TPSA) is 86.3 Å². The van der Waals surface area contributed by atoms with Gasteiger partial charge in [-0.05, 0) is 25.8 Å². The van der Waals surface area contributed by atoms with Crippen LogP contribution in [0.25, 0.3) is 0 Å². The van der Waals surface area contributed by atoms with Gasteiger partial charge < -0.3 is 9.64 Å². The molecule has 0 bridgehead atoms. The normalized spacial score (nSPS) is 17.8. The van der Waals surface area contributed by atoms with E-state index in [2.05, 4.69) is 10.1 Å². The molecule has 0 aliphatic carbocycles. The zero-order valence-corrected chi connectivity index (χ0v) is 14.2. The smallest absolute Gasteiger partial charge is 0.333 e. The van der Waals surface area contributed by atoms with Gasteiger partial charge in [0.05, 0.1) is 16.5 Å². The minimum Gasteiger partial charge on any atom is -0.472 e. The summed E-state index contributed by atoms with van der Waals surface area (Å²) in [6.07, 6.45) is 3.18. The number of halogens is 1. The highest BCUT2D eigenvalue weighted by atomic mass is 35.5. The molecule has 0 aromatic carbocycles. The highest BCUT2D eigenvalue weighted by Gasteiger charge is 2.32. The van der Waals surface area contributed by atoms with Crippen molar-refractivity contribution in [2.24, 2.45) is 7.05 Å². The van der Waals surface area contributed by atoms with Crippen LogP contribution in [0.5, 0.6) is 5.88 Å². The van der Waals surface area contributed by atoms with Crippen LogP contribution in [0.2, 0.25) is 5.02 Å². The van der Waals surface area contributed by atoms with Crippen LogP contribution in [0.15, 0.2) is 18.3 Å². The standard InChI is InChI=1S/C15H18ClN5O3/c1-10-14(21(22)23)15(19(2)18-10)20-7-3-4-12(9-20)24-13-6-5-11(16)8-17-13/h5-6,8,12H,3-4,7,9H2,1-2H3. The summed E-state index contributed by atoms with van der Waals surface area (Å²) in [5.74, 6) is 1.02. The molecule has 1 aliphatic heterocycles. The van der Waals surface area contributed by atoms with E-state index in [9.17, 15) is 10.1 Å². The summed E-state index contributed by atoms with van der Waals surface area (Å²) in [6, 6.07) is 3.44. The number of anilines is 1. The Balaban J connectivity index is 1.79. The van der Waals surface area contributed by atoms with Crippen LogP contribution in [0.4, 0.5) is 11.5 Å². The van der Waals surface area contributed by atoms with Crippen molar-refractivity contribution in [3.63, 3.8) is 0 Å². The molecular weight excluding hydrogens is 334 g/mol. The molecule has 9 heteroatoms. The van der Waals surface area contributed by atoms with E-state index in [-0.39, 0.29) is 16.7 Å². The van der Waals surface area contributed by atoms with Crippen LogP contribution in [0.1, 0.15) is 18.5 Å². The van der Waals surface area contributed by atoms with Crippen molar-refractivity contribution in [3.8, 4) is 5.88 Å². The van der Waals surface area contributed by atoms with Crippen LogP contribution in [-0.4, -0.2) is 38.9 Å². The SMILES string of the molecule is Cc1nn(C)c(N2CCCC(Oc3ccc(Cl)cn3)C2)c1[N+](=O)[O-]. The van der Waals surface area contributed by atoms with E-state index in [1.165, 1.54) is 6.20 Å². The van der Waals surface area contributed by atoms with Gasteiger partial charge in [-0.25, -0.2) is 9.67 Å². The van der Waals surface area contributed by atoms with Crippen LogP contribution in [0.3, 0.4) is 0 Å². The van der Waals surface area contributed by atoms with Gasteiger partial charge in [0.15, 0.2) is 0 Å². The summed E-state index contributed by atoms with van der Waals surface area (Å²) in [6.45, 7) is 2.93. The summed E-state index contributed by atoms with van der Waals surface area (Å²) in [5.41, 5.74) is 0.475. The zero-order valence-electron chi connectivity index (χ0n) is 13.5. The van der Waals surface area contributed by atoms with Crippen molar-refractivity contribution in [2.75, 3.05) is 18.0 Å². The maximum atomic E-state index is 11.4. The Morgan fingerprint density at radius 3 is 2.92 bits per heavy atom. The summed E-state index contributed by atoms with van der Waals surface area (Å²) < 4.78 is 7.46. The van der Waals surface area contributed by atoms with E-state index in [4.69, 9.17) is 16.3 Å². The number of hydrogen-bond donors (Lipinski definition) is 0. The van der Waals surface area contributed by atoms with Crippen LogP contribution in [0, 0.1) is 17.0 Å². The lowest BCUT2D eigenvalue weighted by molar-refractivity contribution is -0.384. The van der Waals surface area contributed by atoms with Gasteiger partial charge in [0.1, 0.15) is 11.8 Å². The Hall–Kier alpha value is -2.35. The van der Waals surface area contributed by atoms with E-state index in [0.29, 0.717) is 29.0 Å². The molecule has 3 rings (SSSR count). The van der Waals surface area contributed by atoms with Crippen molar-refractivity contribution in [3.05, 3.63) is 39.2 Å². The number of rotatable bonds is 4. The third kappa shape index (κ3) is 3.28. The van der Waals surface area contributed by atoms with Gasteiger partial charge in [0.25, 0.3) is 0 Å². The lowest BCUT2D eigenvalue weighted by Gasteiger charge is -2.33. The molecule has 0 spiro atoms. The molecule has 0 N–H and O–H groups in total. The number of aryl methyl sites for hydroxylation is 2. The third-order valence-corrected chi connectivity index (χ3v) is 4.23. The number of pyridine rings is 1. The van der Waals surface area contributed by atoms with Crippen molar-refractivity contribution < 1.29 is 9.66 Å². The second-order valence-corrected chi connectivity index (χ2v) is 6.22. The average molecular weight is 352 g/mol.